The monoisotopic (exact) mass is 369 g/mol. The minimum atomic E-state index is -3.66. The fourth-order valence-electron chi connectivity index (χ4n) is 2.07. The van der Waals surface area contributed by atoms with Crippen molar-refractivity contribution in [3.8, 4) is 5.75 Å². The zero-order valence-corrected chi connectivity index (χ0v) is 14.1. The number of benzene rings is 2. The van der Waals surface area contributed by atoms with E-state index in [0.717, 1.165) is 10.0 Å². The lowest BCUT2D eigenvalue weighted by molar-refractivity contribution is 0.475. The van der Waals surface area contributed by atoms with Crippen molar-refractivity contribution in [1.29, 1.82) is 0 Å². The topological polar surface area (TPSA) is 57.6 Å². The molecule has 0 amide bonds. The molecule has 0 aliphatic carbocycles. The van der Waals surface area contributed by atoms with Gasteiger partial charge in [0.2, 0.25) is 0 Å². The van der Waals surface area contributed by atoms with Gasteiger partial charge in [-0.15, -0.1) is 0 Å². The third-order valence-corrected chi connectivity index (χ3v) is 5.58. The van der Waals surface area contributed by atoms with Crippen LogP contribution in [0.1, 0.15) is 12.5 Å². The lowest BCUT2D eigenvalue weighted by atomic mass is 10.2. The van der Waals surface area contributed by atoms with E-state index in [9.17, 15) is 13.5 Å². The second-order valence-electron chi connectivity index (χ2n) is 4.59. The first-order valence-electron chi connectivity index (χ1n) is 6.44. The van der Waals surface area contributed by atoms with Crippen molar-refractivity contribution < 1.29 is 13.5 Å². The summed E-state index contributed by atoms with van der Waals surface area (Å²) in [5, 5.41) is 9.63. The summed E-state index contributed by atoms with van der Waals surface area (Å²) in [5.41, 5.74) is 1.27. The van der Waals surface area contributed by atoms with Crippen LogP contribution in [-0.4, -0.2) is 20.1 Å². The second-order valence-corrected chi connectivity index (χ2v) is 7.37. The highest BCUT2D eigenvalue weighted by atomic mass is 79.9. The van der Waals surface area contributed by atoms with Crippen LogP contribution in [0.25, 0.3) is 0 Å². The lowest BCUT2D eigenvalue weighted by Gasteiger charge is -2.24. The molecular formula is C15H16BrNO3S. The maximum absolute atomic E-state index is 12.8. The minimum absolute atomic E-state index is 0.0417. The molecule has 2 aromatic rings. The number of aryl methyl sites for hydroxylation is 1. The molecule has 2 rings (SSSR count). The van der Waals surface area contributed by atoms with Crippen LogP contribution >= 0.6 is 15.9 Å². The highest BCUT2D eigenvalue weighted by molar-refractivity contribution is 9.10. The number of sulfonamides is 1. The number of phenolic OH excluding ortho intramolecular Hbond substituents is 1. The lowest BCUT2D eigenvalue weighted by Crippen LogP contribution is -2.31. The Bertz CT molecular complexity index is 742. The van der Waals surface area contributed by atoms with Gasteiger partial charge in [0.15, 0.2) is 0 Å². The first-order valence-corrected chi connectivity index (χ1v) is 8.67. The van der Waals surface area contributed by atoms with Gasteiger partial charge in [-0.3, -0.25) is 4.31 Å². The zero-order valence-electron chi connectivity index (χ0n) is 11.7. The fourth-order valence-corrected chi connectivity index (χ4v) is 3.86. The Morgan fingerprint density at radius 1 is 1.14 bits per heavy atom. The van der Waals surface area contributed by atoms with Crippen molar-refractivity contribution in [2.75, 3.05) is 10.8 Å². The highest BCUT2D eigenvalue weighted by Gasteiger charge is 2.24. The number of nitrogens with zero attached hydrogens (tertiary/aromatic N) is 1. The summed E-state index contributed by atoms with van der Waals surface area (Å²) in [6.07, 6.45) is 0. The van der Waals surface area contributed by atoms with Crippen molar-refractivity contribution >= 4 is 31.6 Å². The summed E-state index contributed by atoms with van der Waals surface area (Å²) >= 11 is 3.29. The maximum Gasteiger partial charge on any atom is 0.264 e. The van der Waals surface area contributed by atoms with E-state index in [4.69, 9.17) is 0 Å². The Morgan fingerprint density at radius 2 is 1.76 bits per heavy atom. The summed E-state index contributed by atoms with van der Waals surface area (Å²) in [6, 6.07) is 11.2. The molecule has 0 atom stereocenters. The molecule has 0 saturated carbocycles. The third kappa shape index (κ3) is 3.22. The summed E-state index contributed by atoms with van der Waals surface area (Å²) in [5.74, 6) is 0.0417. The molecule has 6 heteroatoms. The molecule has 112 valence electrons. The number of rotatable bonds is 4. The van der Waals surface area contributed by atoms with Crippen molar-refractivity contribution in [2.24, 2.45) is 0 Å². The van der Waals surface area contributed by atoms with Crippen molar-refractivity contribution in [3.05, 3.63) is 52.5 Å². The number of halogens is 1. The van der Waals surface area contributed by atoms with Crippen LogP contribution in [0.4, 0.5) is 5.69 Å². The van der Waals surface area contributed by atoms with Gasteiger partial charge in [-0.1, -0.05) is 22.0 Å². The van der Waals surface area contributed by atoms with Crippen LogP contribution in [0.3, 0.4) is 0 Å². The number of anilines is 1. The average Bonchev–Trinajstić information content (AvgIpc) is 2.43. The number of hydrogen-bond donors (Lipinski definition) is 1. The molecule has 21 heavy (non-hydrogen) atoms. The summed E-state index contributed by atoms with van der Waals surface area (Å²) in [4.78, 5) is 0.218. The van der Waals surface area contributed by atoms with Crippen molar-refractivity contribution in [1.82, 2.24) is 0 Å². The van der Waals surface area contributed by atoms with Gasteiger partial charge in [-0.2, -0.15) is 0 Å². The summed E-state index contributed by atoms with van der Waals surface area (Å²) in [6.45, 7) is 3.86. The molecule has 0 aromatic heterocycles. The molecule has 0 radical (unpaired) electrons. The molecule has 0 unspecified atom stereocenters. The van der Waals surface area contributed by atoms with Crippen LogP contribution < -0.4 is 4.31 Å². The predicted molar refractivity (Wildman–Crippen MR) is 87.2 cm³/mol. The number of aromatic hydroxyl groups is 1. The second kappa shape index (κ2) is 6.07. The Morgan fingerprint density at radius 3 is 2.33 bits per heavy atom. The fraction of sp³-hybridized carbons (Fsp3) is 0.200. The van der Waals surface area contributed by atoms with Crippen LogP contribution in [0.2, 0.25) is 0 Å². The van der Waals surface area contributed by atoms with Gasteiger partial charge in [0.1, 0.15) is 5.75 Å². The van der Waals surface area contributed by atoms with Gasteiger partial charge in [0.25, 0.3) is 10.0 Å². The minimum Gasteiger partial charge on any atom is -0.508 e. The van der Waals surface area contributed by atoms with E-state index in [1.54, 1.807) is 43.3 Å². The predicted octanol–water partition coefficient (Wildman–Crippen LogP) is 3.68. The normalized spacial score (nSPS) is 11.4. The third-order valence-electron chi connectivity index (χ3n) is 3.15. The molecule has 0 fully saturated rings. The van der Waals surface area contributed by atoms with Gasteiger partial charge in [0, 0.05) is 17.1 Å². The molecule has 0 saturated heterocycles. The van der Waals surface area contributed by atoms with E-state index in [0.29, 0.717) is 5.69 Å². The zero-order chi connectivity index (χ0) is 15.6. The van der Waals surface area contributed by atoms with Crippen LogP contribution in [0.15, 0.2) is 51.8 Å². The van der Waals surface area contributed by atoms with Gasteiger partial charge >= 0.3 is 0 Å². The SMILES string of the molecule is CCN(c1cc(O)ccc1C)S(=O)(=O)c1ccc(Br)cc1. The van der Waals surface area contributed by atoms with Gasteiger partial charge in [0.05, 0.1) is 10.6 Å². The molecule has 0 spiro atoms. The highest BCUT2D eigenvalue weighted by Crippen LogP contribution is 2.30. The molecule has 2 aromatic carbocycles. The van der Waals surface area contributed by atoms with E-state index in [2.05, 4.69) is 15.9 Å². The summed E-state index contributed by atoms with van der Waals surface area (Å²) in [7, 11) is -3.66. The summed E-state index contributed by atoms with van der Waals surface area (Å²) < 4.78 is 27.6. The van der Waals surface area contributed by atoms with Crippen LogP contribution in [0.5, 0.6) is 5.75 Å². The van der Waals surface area contributed by atoms with Crippen molar-refractivity contribution in [3.63, 3.8) is 0 Å². The smallest absolute Gasteiger partial charge is 0.264 e. The first kappa shape index (κ1) is 15.9. The molecule has 0 aliphatic rings. The Kier molecular flexibility index (Phi) is 4.58. The van der Waals surface area contributed by atoms with E-state index in [-0.39, 0.29) is 17.2 Å². The van der Waals surface area contributed by atoms with E-state index in [1.165, 1.54) is 10.4 Å². The Labute approximate surface area is 133 Å². The molecule has 0 bridgehead atoms. The molecule has 0 aliphatic heterocycles. The van der Waals surface area contributed by atoms with E-state index >= 15 is 0 Å². The van der Waals surface area contributed by atoms with Gasteiger partial charge in [-0.25, -0.2) is 8.42 Å². The van der Waals surface area contributed by atoms with Gasteiger partial charge < -0.3 is 5.11 Å². The Hall–Kier alpha value is -1.53. The van der Waals surface area contributed by atoms with Crippen LogP contribution in [0, 0.1) is 6.92 Å². The number of phenols is 1. The maximum atomic E-state index is 12.8. The number of hydrogen-bond acceptors (Lipinski definition) is 3. The Balaban J connectivity index is 2.54. The quantitative estimate of drug-likeness (QED) is 0.893. The van der Waals surface area contributed by atoms with E-state index < -0.39 is 10.0 Å². The molecule has 1 N–H and O–H groups in total. The molecular weight excluding hydrogens is 354 g/mol. The van der Waals surface area contributed by atoms with Gasteiger partial charge in [-0.05, 0) is 49.7 Å². The van der Waals surface area contributed by atoms with E-state index in [1.807, 2.05) is 6.92 Å². The largest absolute Gasteiger partial charge is 0.508 e. The van der Waals surface area contributed by atoms with Crippen LogP contribution in [-0.2, 0) is 10.0 Å². The standard InChI is InChI=1S/C15H16BrNO3S/c1-3-17(15-10-13(18)7-4-11(15)2)21(19,20)14-8-5-12(16)6-9-14/h4-10,18H,3H2,1-2H3. The molecule has 0 heterocycles. The average molecular weight is 370 g/mol. The molecule has 4 nitrogen and oxygen atoms in total. The van der Waals surface area contributed by atoms with Crippen molar-refractivity contribution in [2.45, 2.75) is 18.7 Å². The first-order chi connectivity index (χ1) is 9.86.